The van der Waals surface area contributed by atoms with Gasteiger partial charge in [0.2, 0.25) is 0 Å². The highest BCUT2D eigenvalue weighted by Crippen LogP contribution is 2.27. The molecule has 2 N–H and O–H groups in total. The van der Waals surface area contributed by atoms with Gasteiger partial charge < -0.3 is 15.2 Å². The molecule has 0 radical (unpaired) electrons. The molecule has 2 rings (SSSR count). The van der Waals surface area contributed by atoms with Crippen molar-refractivity contribution in [1.29, 1.82) is 0 Å². The first-order valence-corrected chi connectivity index (χ1v) is 6.77. The lowest BCUT2D eigenvalue weighted by atomic mass is 9.91. The van der Waals surface area contributed by atoms with Gasteiger partial charge in [-0.1, -0.05) is 48.0 Å². The number of benzene rings is 2. The second-order valence-electron chi connectivity index (χ2n) is 4.67. The molecule has 2 aromatic rings. The summed E-state index contributed by atoms with van der Waals surface area (Å²) in [6.07, 6.45) is 0. The van der Waals surface area contributed by atoms with Gasteiger partial charge in [-0.25, -0.2) is 0 Å². The van der Waals surface area contributed by atoms with Crippen LogP contribution in [0.1, 0.15) is 5.56 Å². The van der Waals surface area contributed by atoms with Crippen molar-refractivity contribution in [1.82, 2.24) is 0 Å². The maximum absolute atomic E-state index is 9.92. The van der Waals surface area contributed by atoms with Gasteiger partial charge >= 0.3 is 0 Å². The van der Waals surface area contributed by atoms with E-state index in [0.717, 1.165) is 11.3 Å². The average molecular weight is 292 g/mol. The number of anilines is 1. The Morgan fingerprint density at radius 2 is 1.90 bits per heavy atom. The van der Waals surface area contributed by atoms with Crippen LogP contribution in [-0.4, -0.2) is 25.4 Å². The quantitative estimate of drug-likeness (QED) is 0.858. The maximum Gasteiger partial charge on any atom is 0.109 e. The fourth-order valence-corrected chi connectivity index (χ4v) is 2.40. The Bertz CT molecular complexity index is 547. The number of methoxy groups -OCH3 is 1. The van der Waals surface area contributed by atoms with Crippen molar-refractivity contribution < 1.29 is 9.84 Å². The van der Waals surface area contributed by atoms with Crippen LogP contribution >= 0.6 is 11.6 Å². The Kier molecular flexibility index (Phi) is 5.01. The summed E-state index contributed by atoms with van der Waals surface area (Å²) in [5.41, 5.74) is 1.11. The number of halogens is 1. The first-order chi connectivity index (χ1) is 9.70. The number of hydrogen-bond donors (Lipinski definition) is 2. The molecule has 1 unspecified atom stereocenters. The van der Waals surface area contributed by atoms with E-state index in [4.69, 9.17) is 16.3 Å². The summed E-state index contributed by atoms with van der Waals surface area (Å²) in [5.74, 6) is 0. The zero-order chi connectivity index (χ0) is 14.4. The lowest BCUT2D eigenvalue weighted by molar-refractivity contribution is 0.0978. The number of aliphatic hydroxyl groups is 1. The van der Waals surface area contributed by atoms with Gasteiger partial charge in [0.05, 0.1) is 13.2 Å². The lowest BCUT2D eigenvalue weighted by Gasteiger charge is -2.34. The van der Waals surface area contributed by atoms with Crippen molar-refractivity contribution in [3.63, 3.8) is 0 Å². The SMILES string of the molecule is COCC(CO)(Nc1cccc(Cl)c1)c1ccccc1. The van der Waals surface area contributed by atoms with Crippen molar-refractivity contribution >= 4 is 17.3 Å². The summed E-state index contributed by atoms with van der Waals surface area (Å²) < 4.78 is 5.30. The van der Waals surface area contributed by atoms with Crippen LogP contribution < -0.4 is 5.32 Å². The van der Waals surface area contributed by atoms with Gasteiger partial charge in [-0.05, 0) is 23.8 Å². The van der Waals surface area contributed by atoms with Crippen LogP contribution in [0.3, 0.4) is 0 Å². The first kappa shape index (κ1) is 14.9. The van der Waals surface area contributed by atoms with Gasteiger partial charge in [0.25, 0.3) is 0 Å². The molecule has 0 spiro atoms. The van der Waals surface area contributed by atoms with Crippen molar-refractivity contribution in [3.8, 4) is 0 Å². The van der Waals surface area contributed by atoms with Crippen molar-refractivity contribution in [2.24, 2.45) is 0 Å². The van der Waals surface area contributed by atoms with E-state index in [1.165, 1.54) is 0 Å². The second-order valence-corrected chi connectivity index (χ2v) is 5.11. The molecular weight excluding hydrogens is 274 g/mol. The van der Waals surface area contributed by atoms with E-state index in [-0.39, 0.29) is 6.61 Å². The molecule has 20 heavy (non-hydrogen) atoms. The van der Waals surface area contributed by atoms with Gasteiger partial charge in [0, 0.05) is 17.8 Å². The van der Waals surface area contributed by atoms with Crippen LogP contribution in [-0.2, 0) is 10.3 Å². The van der Waals surface area contributed by atoms with Gasteiger partial charge in [0.15, 0.2) is 0 Å². The third kappa shape index (κ3) is 3.31. The van der Waals surface area contributed by atoms with E-state index in [9.17, 15) is 5.11 Å². The largest absolute Gasteiger partial charge is 0.393 e. The van der Waals surface area contributed by atoms with Gasteiger partial charge in [-0.2, -0.15) is 0 Å². The molecule has 0 aliphatic rings. The Hall–Kier alpha value is -1.55. The Labute approximate surface area is 124 Å². The molecule has 0 heterocycles. The molecule has 0 saturated carbocycles. The van der Waals surface area contributed by atoms with E-state index < -0.39 is 5.54 Å². The third-order valence-corrected chi connectivity index (χ3v) is 3.43. The normalized spacial score (nSPS) is 13.8. The summed E-state index contributed by atoms with van der Waals surface area (Å²) >= 11 is 6.01. The molecule has 4 heteroatoms. The molecule has 2 aromatic carbocycles. The van der Waals surface area contributed by atoms with Gasteiger partial charge in [0.1, 0.15) is 5.54 Å². The summed E-state index contributed by atoms with van der Waals surface area (Å²) in [4.78, 5) is 0. The molecule has 0 fully saturated rings. The predicted octanol–water partition coefficient (Wildman–Crippen LogP) is 3.29. The Morgan fingerprint density at radius 3 is 2.50 bits per heavy atom. The van der Waals surface area contributed by atoms with Crippen LogP contribution in [0.15, 0.2) is 54.6 Å². The minimum absolute atomic E-state index is 0.0859. The molecule has 106 valence electrons. The molecule has 1 atom stereocenters. The Balaban J connectivity index is 2.37. The zero-order valence-corrected chi connectivity index (χ0v) is 12.1. The lowest BCUT2D eigenvalue weighted by Crippen LogP contribution is -2.43. The minimum Gasteiger partial charge on any atom is -0.393 e. The highest BCUT2D eigenvalue weighted by Gasteiger charge is 2.31. The molecular formula is C16H18ClNO2. The number of ether oxygens (including phenoxy) is 1. The monoisotopic (exact) mass is 291 g/mol. The average Bonchev–Trinajstić information content (AvgIpc) is 2.48. The number of hydrogen-bond acceptors (Lipinski definition) is 3. The van der Waals surface area contributed by atoms with Gasteiger partial charge in [-0.15, -0.1) is 0 Å². The molecule has 0 aliphatic carbocycles. The van der Waals surface area contributed by atoms with Crippen molar-refractivity contribution in [2.75, 3.05) is 25.6 Å². The summed E-state index contributed by atoms with van der Waals surface area (Å²) in [6.45, 7) is 0.261. The molecule has 0 aliphatic heterocycles. The first-order valence-electron chi connectivity index (χ1n) is 6.39. The van der Waals surface area contributed by atoms with Crippen molar-refractivity contribution in [2.45, 2.75) is 5.54 Å². The van der Waals surface area contributed by atoms with Crippen LogP contribution in [0, 0.1) is 0 Å². The zero-order valence-electron chi connectivity index (χ0n) is 11.3. The maximum atomic E-state index is 9.92. The number of rotatable bonds is 6. The predicted molar refractivity (Wildman–Crippen MR) is 82.2 cm³/mol. The smallest absolute Gasteiger partial charge is 0.109 e. The second kappa shape index (κ2) is 6.75. The van der Waals surface area contributed by atoms with E-state index in [1.807, 2.05) is 54.6 Å². The molecule has 0 bridgehead atoms. The standard InChI is InChI=1S/C16H18ClNO2/c1-20-12-16(11-19,13-6-3-2-4-7-13)18-15-9-5-8-14(17)10-15/h2-10,18-19H,11-12H2,1H3. The molecule has 3 nitrogen and oxygen atoms in total. The van der Waals surface area contributed by atoms with E-state index >= 15 is 0 Å². The van der Waals surface area contributed by atoms with Crippen LogP contribution in [0.4, 0.5) is 5.69 Å². The van der Waals surface area contributed by atoms with Crippen molar-refractivity contribution in [3.05, 3.63) is 65.2 Å². The third-order valence-electron chi connectivity index (χ3n) is 3.20. The molecule has 0 aromatic heterocycles. The van der Waals surface area contributed by atoms with E-state index in [0.29, 0.717) is 11.6 Å². The van der Waals surface area contributed by atoms with E-state index in [1.54, 1.807) is 7.11 Å². The minimum atomic E-state index is -0.694. The summed E-state index contributed by atoms with van der Waals surface area (Å²) in [6, 6.07) is 17.2. The van der Waals surface area contributed by atoms with Crippen LogP contribution in [0.2, 0.25) is 5.02 Å². The highest BCUT2D eigenvalue weighted by molar-refractivity contribution is 6.30. The fraction of sp³-hybridized carbons (Fsp3) is 0.250. The van der Waals surface area contributed by atoms with Gasteiger partial charge in [-0.3, -0.25) is 0 Å². The number of aliphatic hydroxyl groups excluding tert-OH is 1. The fourth-order valence-electron chi connectivity index (χ4n) is 2.21. The number of nitrogens with one attached hydrogen (secondary N) is 1. The highest BCUT2D eigenvalue weighted by atomic mass is 35.5. The summed E-state index contributed by atoms with van der Waals surface area (Å²) in [7, 11) is 1.62. The Morgan fingerprint density at radius 1 is 1.15 bits per heavy atom. The van der Waals surface area contributed by atoms with Crippen LogP contribution in [0.5, 0.6) is 0 Å². The molecule has 0 amide bonds. The topological polar surface area (TPSA) is 41.5 Å². The van der Waals surface area contributed by atoms with E-state index in [2.05, 4.69) is 5.32 Å². The van der Waals surface area contributed by atoms with Crippen LogP contribution in [0.25, 0.3) is 0 Å². The summed E-state index contributed by atoms with van der Waals surface area (Å²) in [5, 5.41) is 13.9. The molecule has 0 saturated heterocycles.